The van der Waals surface area contributed by atoms with Crippen molar-refractivity contribution in [3.63, 3.8) is 0 Å². The largest absolute Gasteiger partial charge is 0.495 e. The third kappa shape index (κ3) is 3.85. The van der Waals surface area contributed by atoms with Gasteiger partial charge in [-0.15, -0.1) is 0 Å². The summed E-state index contributed by atoms with van der Waals surface area (Å²) in [6.45, 7) is 2.08. The summed E-state index contributed by atoms with van der Waals surface area (Å²) in [4.78, 5) is 34.9. The number of nitrogens with one attached hydrogen (secondary N) is 1. The highest BCUT2D eigenvalue weighted by molar-refractivity contribution is 5.92. The van der Waals surface area contributed by atoms with E-state index in [0.29, 0.717) is 37.7 Å². The van der Waals surface area contributed by atoms with Crippen LogP contribution in [0.2, 0.25) is 0 Å². The van der Waals surface area contributed by atoms with Crippen LogP contribution < -0.4 is 10.1 Å². The Hall–Kier alpha value is -3.16. The number of hydrogen-bond donors (Lipinski definition) is 1. The van der Waals surface area contributed by atoms with Gasteiger partial charge in [0.2, 0.25) is 6.41 Å². The molecule has 0 saturated carbocycles. The van der Waals surface area contributed by atoms with E-state index < -0.39 is 0 Å². The number of para-hydroxylation sites is 2. The van der Waals surface area contributed by atoms with E-state index in [1.165, 1.54) is 12.4 Å². The molecule has 2 aromatic rings. The molecule has 1 fully saturated rings. The average molecular weight is 341 g/mol. The van der Waals surface area contributed by atoms with Gasteiger partial charge in [0, 0.05) is 26.2 Å². The molecule has 1 aromatic carbocycles. The summed E-state index contributed by atoms with van der Waals surface area (Å²) in [5.41, 5.74) is 1.05. The zero-order chi connectivity index (χ0) is 17.6. The van der Waals surface area contributed by atoms with Gasteiger partial charge in [-0.3, -0.25) is 9.59 Å². The third-order valence-electron chi connectivity index (χ3n) is 3.99. The Morgan fingerprint density at radius 1 is 1.16 bits per heavy atom. The smallest absolute Gasteiger partial charge is 0.274 e. The number of amides is 2. The van der Waals surface area contributed by atoms with Crippen molar-refractivity contribution in [1.29, 1.82) is 0 Å². The molecule has 8 heteroatoms. The van der Waals surface area contributed by atoms with E-state index in [1.54, 1.807) is 16.9 Å². The fraction of sp³-hybridized carbons (Fsp3) is 0.294. The van der Waals surface area contributed by atoms with Crippen molar-refractivity contribution in [3.05, 3.63) is 42.4 Å². The normalized spacial score (nSPS) is 14.1. The minimum Gasteiger partial charge on any atom is -0.495 e. The molecule has 0 unspecified atom stereocenters. The monoisotopic (exact) mass is 341 g/mol. The Labute approximate surface area is 145 Å². The number of benzene rings is 1. The van der Waals surface area contributed by atoms with E-state index in [4.69, 9.17) is 4.74 Å². The highest BCUT2D eigenvalue weighted by atomic mass is 16.5. The highest BCUT2D eigenvalue weighted by Gasteiger charge is 2.22. The summed E-state index contributed by atoms with van der Waals surface area (Å²) < 4.78 is 5.28. The first-order valence-corrected chi connectivity index (χ1v) is 7.92. The standard InChI is InChI=1S/C17H19N5O3/c1-25-15-5-3-2-4-13(15)20-16-11-18-14(10-19-16)17(24)22-8-6-21(12-23)7-9-22/h2-5,10-12H,6-9H2,1H3,(H,19,20). The summed E-state index contributed by atoms with van der Waals surface area (Å²) in [7, 11) is 1.60. The first kappa shape index (κ1) is 16.7. The Balaban J connectivity index is 1.66. The number of nitrogens with zero attached hydrogens (tertiary/aromatic N) is 4. The summed E-state index contributed by atoms with van der Waals surface area (Å²) in [6, 6.07) is 7.47. The van der Waals surface area contributed by atoms with Gasteiger partial charge in [-0.1, -0.05) is 12.1 Å². The lowest BCUT2D eigenvalue weighted by molar-refractivity contribution is -0.119. The number of carbonyl (C=O) groups excluding carboxylic acids is 2. The van der Waals surface area contributed by atoms with E-state index in [2.05, 4.69) is 15.3 Å². The van der Waals surface area contributed by atoms with Crippen LogP contribution in [0.1, 0.15) is 10.5 Å². The predicted octanol–water partition coefficient (Wildman–Crippen LogP) is 1.14. The molecule has 2 amide bonds. The van der Waals surface area contributed by atoms with E-state index >= 15 is 0 Å². The van der Waals surface area contributed by atoms with Crippen molar-refractivity contribution in [3.8, 4) is 5.75 Å². The number of methoxy groups -OCH3 is 1. The van der Waals surface area contributed by atoms with Crippen molar-refractivity contribution in [2.24, 2.45) is 0 Å². The van der Waals surface area contributed by atoms with Crippen LogP contribution in [0, 0.1) is 0 Å². The average Bonchev–Trinajstić information content (AvgIpc) is 2.68. The third-order valence-corrected chi connectivity index (χ3v) is 3.99. The van der Waals surface area contributed by atoms with Crippen molar-refractivity contribution >= 4 is 23.8 Å². The van der Waals surface area contributed by atoms with E-state index in [-0.39, 0.29) is 11.6 Å². The molecule has 25 heavy (non-hydrogen) atoms. The fourth-order valence-corrected chi connectivity index (χ4v) is 2.58. The van der Waals surface area contributed by atoms with Crippen LogP contribution in [0.3, 0.4) is 0 Å². The van der Waals surface area contributed by atoms with Crippen molar-refractivity contribution in [2.75, 3.05) is 38.6 Å². The number of hydrogen-bond acceptors (Lipinski definition) is 6. The Kier molecular flexibility index (Phi) is 5.08. The topological polar surface area (TPSA) is 87.7 Å². The Bertz CT molecular complexity index is 742. The van der Waals surface area contributed by atoms with Gasteiger partial charge in [0.1, 0.15) is 17.3 Å². The van der Waals surface area contributed by atoms with Crippen molar-refractivity contribution in [1.82, 2.24) is 19.8 Å². The molecule has 1 saturated heterocycles. The second kappa shape index (κ2) is 7.61. The molecule has 0 bridgehead atoms. The summed E-state index contributed by atoms with van der Waals surface area (Å²) in [5.74, 6) is 1.03. The van der Waals surface area contributed by atoms with Crippen LogP contribution >= 0.6 is 0 Å². The molecule has 3 rings (SSSR count). The van der Waals surface area contributed by atoms with Gasteiger partial charge in [0.25, 0.3) is 5.91 Å². The minimum absolute atomic E-state index is 0.179. The van der Waals surface area contributed by atoms with Gasteiger partial charge in [0.05, 0.1) is 25.2 Å². The fourth-order valence-electron chi connectivity index (χ4n) is 2.58. The quantitative estimate of drug-likeness (QED) is 0.821. The maximum Gasteiger partial charge on any atom is 0.274 e. The molecule has 2 heterocycles. The van der Waals surface area contributed by atoms with Crippen LogP contribution in [0.5, 0.6) is 5.75 Å². The lowest BCUT2D eigenvalue weighted by Crippen LogP contribution is -2.48. The van der Waals surface area contributed by atoms with Crippen molar-refractivity contribution < 1.29 is 14.3 Å². The molecule has 1 aromatic heterocycles. The Morgan fingerprint density at radius 2 is 1.92 bits per heavy atom. The van der Waals surface area contributed by atoms with Gasteiger partial charge in [-0.05, 0) is 12.1 Å². The summed E-state index contributed by atoms with van der Waals surface area (Å²) in [5, 5.41) is 3.11. The molecule has 1 aliphatic rings. The van der Waals surface area contributed by atoms with E-state index in [1.807, 2.05) is 24.3 Å². The Morgan fingerprint density at radius 3 is 2.56 bits per heavy atom. The zero-order valence-electron chi connectivity index (χ0n) is 13.9. The second-order valence-corrected chi connectivity index (χ2v) is 5.55. The number of rotatable bonds is 5. The lowest BCUT2D eigenvalue weighted by Gasteiger charge is -2.32. The molecule has 1 aliphatic heterocycles. The first-order valence-electron chi connectivity index (χ1n) is 7.92. The molecule has 1 N–H and O–H groups in total. The van der Waals surface area contributed by atoms with Crippen LogP contribution in [0.4, 0.5) is 11.5 Å². The van der Waals surface area contributed by atoms with Gasteiger partial charge < -0.3 is 19.9 Å². The van der Waals surface area contributed by atoms with Gasteiger partial charge in [-0.2, -0.15) is 0 Å². The molecule has 0 radical (unpaired) electrons. The number of aromatic nitrogens is 2. The molecule has 0 atom stereocenters. The number of piperazine rings is 1. The van der Waals surface area contributed by atoms with Crippen LogP contribution in [0.25, 0.3) is 0 Å². The van der Waals surface area contributed by atoms with Gasteiger partial charge in [0.15, 0.2) is 0 Å². The van der Waals surface area contributed by atoms with Crippen LogP contribution in [0.15, 0.2) is 36.7 Å². The van der Waals surface area contributed by atoms with Crippen LogP contribution in [-0.2, 0) is 4.79 Å². The SMILES string of the molecule is COc1ccccc1Nc1cnc(C(=O)N2CCN(C=O)CC2)cn1. The first-order chi connectivity index (χ1) is 12.2. The highest BCUT2D eigenvalue weighted by Crippen LogP contribution is 2.25. The molecule has 0 aliphatic carbocycles. The van der Waals surface area contributed by atoms with Crippen molar-refractivity contribution in [2.45, 2.75) is 0 Å². The number of ether oxygens (including phenoxy) is 1. The minimum atomic E-state index is -0.179. The van der Waals surface area contributed by atoms with Gasteiger partial charge in [-0.25, -0.2) is 9.97 Å². The molecule has 0 spiro atoms. The summed E-state index contributed by atoms with van der Waals surface area (Å²) in [6.07, 6.45) is 3.77. The number of anilines is 2. The lowest BCUT2D eigenvalue weighted by atomic mass is 10.3. The summed E-state index contributed by atoms with van der Waals surface area (Å²) >= 11 is 0. The van der Waals surface area contributed by atoms with E-state index in [9.17, 15) is 9.59 Å². The molecule has 130 valence electrons. The molecular weight excluding hydrogens is 322 g/mol. The van der Waals surface area contributed by atoms with Crippen LogP contribution in [-0.4, -0.2) is 65.4 Å². The van der Waals surface area contributed by atoms with E-state index in [0.717, 1.165) is 12.1 Å². The molecular formula is C17H19N5O3. The predicted molar refractivity (Wildman–Crippen MR) is 91.8 cm³/mol. The molecule has 8 nitrogen and oxygen atoms in total. The second-order valence-electron chi connectivity index (χ2n) is 5.55. The zero-order valence-corrected chi connectivity index (χ0v) is 13.9. The van der Waals surface area contributed by atoms with Gasteiger partial charge >= 0.3 is 0 Å². The maximum absolute atomic E-state index is 12.4. The maximum atomic E-state index is 12.4. The number of carbonyl (C=O) groups is 2.